The summed E-state index contributed by atoms with van der Waals surface area (Å²) in [5, 5.41) is 15.8. The van der Waals surface area contributed by atoms with Crippen LogP contribution in [-0.2, 0) is 6.54 Å². The Morgan fingerprint density at radius 3 is 2.72 bits per heavy atom. The normalized spacial score (nSPS) is 16.9. The van der Waals surface area contributed by atoms with Crippen molar-refractivity contribution >= 4 is 10.8 Å². The van der Waals surface area contributed by atoms with Crippen LogP contribution in [0.25, 0.3) is 10.8 Å². The second-order valence-corrected chi connectivity index (χ2v) is 5.70. The van der Waals surface area contributed by atoms with Gasteiger partial charge in [0, 0.05) is 18.7 Å². The van der Waals surface area contributed by atoms with Crippen LogP contribution in [0, 0.1) is 5.41 Å². The predicted molar refractivity (Wildman–Crippen MR) is 74.7 cm³/mol. The summed E-state index contributed by atoms with van der Waals surface area (Å²) in [5.74, 6) is 0.391. The van der Waals surface area contributed by atoms with Crippen molar-refractivity contribution in [3.63, 3.8) is 0 Å². The molecule has 2 nitrogen and oxygen atoms in total. The minimum absolute atomic E-state index is 0.391. The fourth-order valence-corrected chi connectivity index (χ4v) is 2.39. The number of fused-ring (bicyclic) bond motifs is 1. The van der Waals surface area contributed by atoms with E-state index in [4.69, 9.17) is 0 Å². The van der Waals surface area contributed by atoms with Gasteiger partial charge in [-0.25, -0.2) is 0 Å². The zero-order valence-corrected chi connectivity index (χ0v) is 10.7. The number of phenols is 1. The van der Waals surface area contributed by atoms with E-state index in [2.05, 4.69) is 24.4 Å². The van der Waals surface area contributed by atoms with Gasteiger partial charge in [0.1, 0.15) is 5.75 Å². The second kappa shape index (κ2) is 4.29. The molecule has 2 aromatic rings. The average Bonchev–Trinajstić information content (AvgIpc) is 3.10. The third kappa shape index (κ3) is 2.21. The number of hydrogen-bond donors (Lipinski definition) is 2. The number of hydrogen-bond acceptors (Lipinski definition) is 2. The predicted octanol–water partition coefficient (Wildman–Crippen LogP) is 3.44. The van der Waals surface area contributed by atoms with E-state index in [0.717, 1.165) is 24.0 Å². The second-order valence-electron chi connectivity index (χ2n) is 5.70. The van der Waals surface area contributed by atoms with Crippen LogP contribution in [-0.4, -0.2) is 11.7 Å². The van der Waals surface area contributed by atoms with Crippen molar-refractivity contribution in [3.05, 3.63) is 42.0 Å². The maximum absolute atomic E-state index is 10.0. The average molecular weight is 241 g/mol. The van der Waals surface area contributed by atoms with Gasteiger partial charge in [-0.2, -0.15) is 0 Å². The van der Waals surface area contributed by atoms with Gasteiger partial charge in [-0.3, -0.25) is 0 Å². The lowest BCUT2D eigenvalue weighted by Crippen LogP contribution is -2.21. The lowest BCUT2D eigenvalue weighted by Gasteiger charge is -2.13. The third-order valence-corrected chi connectivity index (χ3v) is 3.97. The Labute approximate surface area is 108 Å². The molecule has 1 aliphatic carbocycles. The fraction of sp³-hybridized carbons (Fsp3) is 0.375. The molecule has 3 rings (SSSR count). The van der Waals surface area contributed by atoms with Gasteiger partial charge < -0.3 is 10.4 Å². The van der Waals surface area contributed by atoms with Gasteiger partial charge in [0.2, 0.25) is 0 Å². The molecule has 1 saturated carbocycles. The van der Waals surface area contributed by atoms with Crippen molar-refractivity contribution in [2.45, 2.75) is 26.3 Å². The Bertz CT molecular complexity index is 572. The molecular formula is C16H19NO. The molecule has 0 unspecified atom stereocenters. The van der Waals surface area contributed by atoms with E-state index in [1.54, 1.807) is 6.07 Å². The van der Waals surface area contributed by atoms with E-state index in [1.807, 2.05) is 18.2 Å². The molecule has 0 amide bonds. The number of benzene rings is 2. The maximum Gasteiger partial charge on any atom is 0.120 e. The quantitative estimate of drug-likeness (QED) is 0.859. The van der Waals surface area contributed by atoms with E-state index in [-0.39, 0.29) is 0 Å². The third-order valence-electron chi connectivity index (χ3n) is 3.97. The number of aromatic hydroxyl groups is 1. The van der Waals surface area contributed by atoms with Crippen LogP contribution in [0.4, 0.5) is 0 Å². The number of rotatable bonds is 4. The van der Waals surface area contributed by atoms with Gasteiger partial charge in [0.05, 0.1) is 0 Å². The first-order valence-corrected chi connectivity index (χ1v) is 6.58. The Kier molecular flexibility index (Phi) is 2.75. The van der Waals surface area contributed by atoms with E-state index in [9.17, 15) is 5.11 Å². The van der Waals surface area contributed by atoms with Crippen molar-refractivity contribution in [3.8, 4) is 5.75 Å². The highest BCUT2D eigenvalue weighted by Gasteiger charge is 2.36. The number of phenolic OH excluding ortho intramolecular Hbond substituents is 1. The molecule has 0 aliphatic heterocycles. The van der Waals surface area contributed by atoms with Crippen molar-refractivity contribution in [1.82, 2.24) is 5.32 Å². The first kappa shape index (κ1) is 11.5. The smallest absolute Gasteiger partial charge is 0.120 e. The highest BCUT2D eigenvalue weighted by Crippen LogP contribution is 2.44. The van der Waals surface area contributed by atoms with E-state index >= 15 is 0 Å². The van der Waals surface area contributed by atoms with Gasteiger partial charge in [0.15, 0.2) is 0 Å². The molecule has 94 valence electrons. The van der Waals surface area contributed by atoms with Gasteiger partial charge >= 0.3 is 0 Å². The molecule has 0 bridgehead atoms. The zero-order valence-electron chi connectivity index (χ0n) is 10.7. The molecule has 2 aromatic carbocycles. The standard InChI is InChI=1S/C16H19NO/c1-16(8-9-16)11-17-10-14-13-5-3-2-4-12(13)6-7-15(14)18/h2-7,17-18H,8-11H2,1H3. The molecule has 0 aromatic heterocycles. The van der Waals surface area contributed by atoms with Crippen LogP contribution in [0.3, 0.4) is 0 Å². The van der Waals surface area contributed by atoms with E-state index in [1.165, 1.54) is 18.2 Å². The van der Waals surface area contributed by atoms with E-state index in [0.29, 0.717) is 11.2 Å². The van der Waals surface area contributed by atoms with Crippen LogP contribution < -0.4 is 5.32 Å². The molecule has 2 heteroatoms. The Morgan fingerprint density at radius 1 is 1.17 bits per heavy atom. The first-order chi connectivity index (χ1) is 8.68. The summed E-state index contributed by atoms with van der Waals surface area (Å²) in [6.07, 6.45) is 2.64. The molecule has 0 heterocycles. The minimum Gasteiger partial charge on any atom is -0.508 e. The lowest BCUT2D eigenvalue weighted by molar-refractivity contribution is 0.457. The van der Waals surface area contributed by atoms with Gasteiger partial charge in [0.25, 0.3) is 0 Å². The van der Waals surface area contributed by atoms with Crippen LogP contribution in [0.2, 0.25) is 0 Å². The van der Waals surface area contributed by atoms with Crippen LogP contribution in [0.5, 0.6) is 5.75 Å². The summed E-state index contributed by atoms with van der Waals surface area (Å²) in [5.41, 5.74) is 1.51. The zero-order chi connectivity index (χ0) is 12.6. The first-order valence-electron chi connectivity index (χ1n) is 6.58. The minimum atomic E-state index is 0.391. The summed E-state index contributed by atoms with van der Waals surface area (Å²) in [4.78, 5) is 0. The molecule has 0 atom stereocenters. The lowest BCUT2D eigenvalue weighted by atomic mass is 10.0. The maximum atomic E-state index is 10.0. The molecule has 2 N–H and O–H groups in total. The van der Waals surface area contributed by atoms with Crippen molar-refractivity contribution in [2.24, 2.45) is 5.41 Å². The van der Waals surface area contributed by atoms with Crippen molar-refractivity contribution < 1.29 is 5.11 Å². The summed E-state index contributed by atoms with van der Waals surface area (Å²) in [6.45, 7) is 4.08. The Morgan fingerprint density at radius 2 is 1.94 bits per heavy atom. The fourth-order valence-electron chi connectivity index (χ4n) is 2.39. The highest BCUT2D eigenvalue weighted by molar-refractivity contribution is 5.87. The van der Waals surface area contributed by atoms with Crippen LogP contribution >= 0.6 is 0 Å². The Hall–Kier alpha value is -1.54. The molecule has 1 fully saturated rings. The topological polar surface area (TPSA) is 32.3 Å². The largest absolute Gasteiger partial charge is 0.508 e. The molecule has 0 radical (unpaired) electrons. The molecule has 18 heavy (non-hydrogen) atoms. The summed E-state index contributed by atoms with van der Waals surface area (Å²) >= 11 is 0. The SMILES string of the molecule is CC1(CNCc2c(O)ccc3ccccc23)CC1. The van der Waals surface area contributed by atoms with Crippen LogP contribution in [0.1, 0.15) is 25.3 Å². The summed E-state index contributed by atoms with van der Waals surface area (Å²) in [6, 6.07) is 12.0. The number of nitrogens with one attached hydrogen (secondary N) is 1. The highest BCUT2D eigenvalue weighted by atomic mass is 16.3. The van der Waals surface area contributed by atoms with E-state index < -0.39 is 0 Å². The van der Waals surface area contributed by atoms with Crippen molar-refractivity contribution in [1.29, 1.82) is 0 Å². The van der Waals surface area contributed by atoms with Crippen LogP contribution in [0.15, 0.2) is 36.4 Å². The van der Waals surface area contributed by atoms with Gasteiger partial charge in [-0.05, 0) is 35.1 Å². The van der Waals surface area contributed by atoms with Gasteiger partial charge in [-0.15, -0.1) is 0 Å². The summed E-state index contributed by atoms with van der Waals surface area (Å²) in [7, 11) is 0. The molecule has 0 saturated heterocycles. The monoisotopic (exact) mass is 241 g/mol. The molecule has 1 aliphatic rings. The van der Waals surface area contributed by atoms with Gasteiger partial charge in [-0.1, -0.05) is 37.3 Å². The Balaban J connectivity index is 1.83. The summed E-state index contributed by atoms with van der Waals surface area (Å²) < 4.78 is 0. The molecular weight excluding hydrogens is 222 g/mol. The van der Waals surface area contributed by atoms with Crippen molar-refractivity contribution in [2.75, 3.05) is 6.54 Å². The molecule has 0 spiro atoms.